The number of nitrogens with one attached hydrogen (secondary N) is 2. The Kier molecular flexibility index (Phi) is 5.15. The molecule has 3 N–H and O–H groups in total. The van der Waals surface area contributed by atoms with Crippen LogP contribution in [0.1, 0.15) is 32.1 Å². The monoisotopic (exact) mass is 270 g/mol. The van der Waals surface area contributed by atoms with Crippen molar-refractivity contribution in [1.29, 1.82) is 0 Å². The molecule has 1 saturated carbocycles. The summed E-state index contributed by atoms with van der Waals surface area (Å²) in [5, 5.41) is 15.0. The van der Waals surface area contributed by atoms with Crippen LogP contribution in [0.3, 0.4) is 0 Å². The standard InChI is InChI=1S/C13H22N2O4/c16-12(10-8-14-6-7-19-10)15-11(13(17)18)9-4-2-1-3-5-9/h9-11,14H,1-8H2,(H,15,16)(H,17,18). The number of carbonyl (C=O) groups excluding carboxylic acids is 1. The number of hydrogen-bond acceptors (Lipinski definition) is 4. The van der Waals surface area contributed by atoms with E-state index in [1.54, 1.807) is 0 Å². The van der Waals surface area contributed by atoms with E-state index in [0.717, 1.165) is 38.6 Å². The lowest BCUT2D eigenvalue weighted by molar-refractivity contribution is -0.146. The van der Waals surface area contributed by atoms with Crippen molar-refractivity contribution in [2.75, 3.05) is 19.7 Å². The molecule has 0 aromatic rings. The van der Waals surface area contributed by atoms with Crippen molar-refractivity contribution in [2.24, 2.45) is 5.92 Å². The second-order valence-electron chi connectivity index (χ2n) is 5.29. The van der Waals surface area contributed by atoms with Crippen LogP contribution >= 0.6 is 0 Å². The Morgan fingerprint density at radius 2 is 2.00 bits per heavy atom. The summed E-state index contributed by atoms with van der Waals surface area (Å²) in [7, 11) is 0. The zero-order valence-electron chi connectivity index (χ0n) is 11.1. The predicted octanol–water partition coefficient (Wildman–Crippen LogP) is 0.124. The van der Waals surface area contributed by atoms with Crippen molar-refractivity contribution >= 4 is 11.9 Å². The van der Waals surface area contributed by atoms with Crippen LogP contribution in [-0.4, -0.2) is 48.8 Å². The number of carbonyl (C=O) groups is 2. The highest BCUT2D eigenvalue weighted by atomic mass is 16.5. The van der Waals surface area contributed by atoms with E-state index in [-0.39, 0.29) is 11.8 Å². The van der Waals surface area contributed by atoms with E-state index in [1.807, 2.05) is 0 Å². The first-order valence-electron chi connectivity index (χ1n) is 7.04. The van der Waals surface area contributed by atoms with Gasteiger partial charge in [0.25, 0.3) is 5.91 Å². The molecule has 2 fully saturated rings. The fourth-order valence-electron chi connectivity index (χ4n) is 2.83. The molecule has 0 aromatic carbocycles. The highest BCUT2D eigenvalue weighted by molar-refractivity contribution is 5.86. The van der Waals surface area contributed by atoms with Gasteiger partial charge >= 0.3 is 5.97 Å². The van der Waals surface area contributed by atoms with Crippen LogP contribution in [0.25, 0.3) is 0 Å². The topological polar surface area (TPSA) is 87.7 Å². The van der Waals surface area contributed by atoms with Crippen LogP contribution < -0.4 is 10.6 Å². The van der Waals surface area contributed by atoms with E-state index in [1.165, 1.54) is 0 Å². The van der Waals surface area contributed by atoms with Gasteiger partial charge in [-0.1, -0.05) is 19.3 Å². The molecular weight excluding hydrogens is 248 g/mol. The van der Waals surface area contributed by atoms with Crippen LogP contribution in [0.5, 0.6) is 0 Å². The summed E-state index contributed by atoms with van der Waals surface area (Å²) in [5.41, 5.74) is 0. The molecule has 19 heavy (non-hydrogen) atoms. The third-order valence-electron chi connectivity index (χ3n) is 3.91. The molecule has 2 atom stereocenters. The molecule has 2 unspecified atom stereocenters. The van der Waals surface area contributed by atoms with E-state index >= 15 is 0 Å². The average Bonchev–Trinajstić information content (AvgIpc) is 2.46. The Bertz CT molecular complexity index is 323. The summed E-state index contributed by atoms with van der Waals surface area (Å²) < 4.78 is 5.34. The van der Waals surface area contributed by atoms with Gasteiger partial charge in [-0.15, -0.1) is 0 Å². The molecule has 6 heteroatoms. The summed E-state index contributed by atoms with van der Waals surface area (Å²) in [6, 6.07) is -0.779. The lowest BCUT2D eigenvalue weighted by Crippen LogP contribution is -2.54. The number of carboxylic acid groups (broad SMARTS) is 1. The number of amides is 1. The van der Waals surface area contributed by atoms with E-state index in [4.69, 9.17) is 4.74 Å². The van der Waals surface area contributed by atoms with Crippen molar-refractivity contribution in [3.05, 3.63) is 0 Å². The van der Waals surface area contributed by atoms with Crippen LogP contribution in [0.15, 0.2) is 0 Å². The zero-order chi connectivity index (χ0) is 13.7. The Morgan fingerprint density at radius 3 is 2.58 bits per heavy atom. The van der Waals surface area contributed by atoms with E-state index in [9.17, 15) is 14.7 Å². The van der Waals surface area contributed by atoms with E-state index < -0.39 is 18.1 Å². The quantitative estimate of drug-likeness (QED) is 0.675. The molecule has 1 amide bonds. The van der Waals surface area contributed by atoms with Crippen LogP contribution in [0.2, 0.25) is 0 Å². The maximum Gasteiger partial charge on any atom is 0.326 e. The fourth-order valence-corrected chi connectivity index (χ4v) is 2.83. The molecule has 0 bridgehead atoms. The van der Waals surface area contributed by atoms with Crippen molar-refractivity contribution in [3.8, 4) is 0 Å². The van der Waals surface area contributed by atoms with Gasteiger partial charge in [0.15, 0.2) is 0 Å². The number of rotatable bonds is 4. The molecule has 0 spiro atoms. The van der Waals surface area contributed by atoms with Gasteiger partial charge in [-0.05, 0) is 18.8 Å². The van der Waals surface area contributed by atoms with Crippen LogP contribution in [0.4, 0.5) is 0 Å². The number of aliphatic carboxylic acids is 1. The Morgan fingerprint density at radius 1 is 1.26 bits per heavy atom. The third-order valence-corrected chi connectivity index (χ3v) is 3.91. The minimum atomic E-state index is -0.941. The van der Waals surface area contributed by atoms with Gasteiger partial charge in [0, 0.05) is 13.1 Å². The van der Waals surface area contributed by atoms with Crippen molar-refractivity contribution in [3.63, 3.8) is 0 Å². The number of morpholine rings is 1. The SMILES string of the molecule is O=C(NC(C(=O)O)C1CCCCC1)C1CNCCO1. The van der Waals surface area contributed by atoms with Gasteiger partial charge in [0.1, 0.15) is 12.1 Å². The fraction of sp³-hybridized carbons (Fsp3) is 0.846. The van der Waals surface area contributed by atoms with Crippen molar-refractivity contribution in [1.82, 2.24) is 10.6 Å². The third kappa shape index (κ3) is 3.91. The highest BCUT2D eigenvalue weighted by Crippen LogP contribution is 2.26. The van der Waals surface area contributed by atoms with Gasteiger partial charge in [-0.2, -0.15) is 0 Å². The molecule has 1 saturated heterocycles. The molecule has 108 valence electrons. The smallest absolute Gasteiger partial charge is 0.326 e. The number of carboxylic acids is 1. The molecular formula is C13H22N2O4. The summed E-state index contributed by atoms with van der Waals surface area (Å²) in [4.78, 5) is 23.4. The maximum absolute atomic E-state index is 12.0. The molecule has 0 radical (unpaired) electrons. The Balaban J connectivity index is 1.91. The normalized spacial score (nSPS) is 26.6. The van der Waals surface area contributed by atoms with Gasteiger partial charge in [-0.25, -0.2) is 4.79 Å². The molecule has 1 heterocycles. The first-order chi connectivity index (χ1) is 9.18. The number of hydrogen-bond donors (Lipinski definition) is 3. The summed E-state index contributed by atoms with van der Waals surface area (Å²) in [6.45, 7) is 1.66. The molecule has 1 aliphatic heterocycles. The minimum Gasteiger partial charge on any atom is -0.480 e. The Labute approximate surface area is 112 Å². The first-order valence-corrected chi connectivity index (χ1v) is 7.04. The predicted molar refractivity (Wildman–Crippen MR) is 68.8 cm³/mol. The van der Waals surface area contributed by atoms with E-state index in [2.05, 4.69) is 10.6 Å². The van der Waals surface area contributed by atoms with Gasteiger partial charge in [0.05, 0.1) is 6.61 Å². The van der Waals surface area contributed by atoms with Crippen molar-refractivity contribution in [2.45, 2.75) is 44.2 Å². The summed E-state index contributed by atoms with van der Waals surface area (Å²) in [5.74, 6) is -1.21. The summed E-state index contributed by atoms with van der Waals surface area (Å²) in [6.07, 6.45) is 4.44. The maximum atomic E-state index is 12.0. The highest BCUT2D eigenvalue weighted by Gasteiger charge is 2.33. The van der Waals surface area contributed by atoms with Gasteiger partial charge < -0.3 is 20.5 Å². The second kappa shape index (κ2) is 6.86. The first kappa shape index (κ1) is 14.3. The minimum absolute atomic E-state index is 0.0479. The van der Waals surface area contributed by atoms with Crippen molar-refractivity contribution < 1.29 is 19.4 Å². The van der Waals surface area contributed by atoms with Gasteiger partial charge in [0.2, 0.25) is 0 Å². The van der Waals surface area contributed by atoms with Crippen LogP contribution in [-0.2, 0) is 14.3 Å². The zero-order valence-corrected chi connectivity index (χ0v) is 11.1. The molecule has 1 aliphatic carbocycles. The molecule has 0 aromatic heterocycles. The second-order valence-corrected chi connectivity index (χ2v) is 5.29. The largest absolute Gasteiger partial charge is 0.480 e. The lowest BCUT2D eigenvalue weighted by Gasteiger charge is -2.30. The van der Waals surface area contributed by atoms with Gasteiger partial charge in [-0.3, -0.25) is 4.79 Å². The molecule has 2 rings (SSSR count). The lowest BCUT2D eigenvalue weighted by atomic mass is 9.84. The number of ether oxygens (including phenoxy) is 1. The summed E-state index contributed by atoms with van der Waals surface area (Å²) >= 11 is 0. The Hall–Kier alpha value is -1.14. The average molecular weight is 270 g/mol. The van der Waals surface area contributed by atoms with E-state index in [0.29, 0.717) is 13.2 Å². The van der Waals surface area contributed by atoms with Crippen LogP contribution in [0, 0.1) is 5.92 Å². The molecule has 6 nitrogen and oxygen atoms in total. The molecule has 2 aliphatic rings.